The van der Waals surface area contributed by atoms with E-state index in [0.29, 0.717) is 17.1 Å². The Kier molecular flexibility index (Phi) is 14.6. The lowest BCUT2D eigenvalue weighted by atomic mass is 9.79. The van der Waals surface area contributed by atoms with Gasteiger partial charge in [0.1, 0.15) is 35.0 Å². The molecule has 1 saturated heterocycles. The van der Waals surface area contributed by atoms with Gasteiger partial charge in [0.25, 0.3) is 14.1 Å². The fourth-order valence-corrected chi connectivity index (χ4v) is 8.95. The van der Waals surface area contributed by atoms with Crippen LogP contribution >= 0.6 is 8.53 Å². The van der Waals surface area contributed by atoms with E-state index in [4.69, 9.17) is 32.7 Å². The number of rotatable bonds is 19. The van der Waals surface area contributed by atoms with Crippen LogP contribution in [0.4, 0.5) is 0 Å². The number of aryl methyl sites for hydroxylation is 1. The van der Waals surface area contributed by atoms with Gasteiger partial charge in [0.2, 0.25) is 0 Å². The van der Waals surface area contributed by atoms with Crippen molar-refractivity contribution in [1.29, 1.82) is 5.26 Å². The summed E-state index contributed by atoms with van der Waals surface area (Å²) < 4.78 is 48.3. The van der Waals surface area contributed by atoms with Crippen molar-refractivity contribution in [2.24, 2.45) is 0 Å². The summed E-state index contributed by atoms with van der Waals surface area (Å²) in [6.45, 7) is 9.96. The third-order valence-electron chi connectivity index (χ3n) is 9.80. The predicted molar refractivity (Wildman–Crippen MR) is 214 cm³/mol. The van der Waals surface area contributed by atoms with Gasteiger partial charge in [-0.25, -0.2) is 9.46 Å². The minimum Gasteiger partial charge on any atom is -0.497 e. The molecule has 56 heavy (non-hydrogen) atoms. The first-order chi connectivity index (χ1) is 26.9. The number of nitrogens with one attached hydrogen (secondary N) is 1. The zero-order valence-electron chi connectivity index (χ0n) is 33.4. The van der Waals surface area contributed by atoms with Crippen LogP contribution in [0.5, 0.6) is 11.5 Å². The molecule has 0 radical (unpaired) electrons. The molecule has 1 aliphatic heterocycles. The SMILES string of the molecule is COC[C@]1(COC(c2ccccc2)(c2ccc(OC)cc2)c2ccc(OC)cc2)O[C@@H](n2cc(C)c(=O)[nH]c2=O)C[C@@H]1OP(OCCC#N)N(C(C)C)C(C)C. The lowest BCUT2D eigenvalue weighted by molar-refractivity contribution is -0.179. The van der Waals surface area contributed by atoms with Crippen molar-refractivity contribution in [2.45, 2.75) is 83.1 Å². The highest BCUT2D eigenvalue weighted by Gasteiger charge is 2.55. The summed E-state index contributed by atoms with van der Waals surface area (Å²) in [5, 5.41) is 9.39. The van der Waals surface area contributed by atoms with Crippen molar-refractivity contribution >= 4 is 8.53 Å². The molecule has 5 rings (SSSR count). The molecular formula is C42H53N4O9P. The fourth-order valence-electron chi connectivity index (χ4n) is 7.15. The van der Waals surface area contributed by atoms with Crippen LogP contribution in [0.2, 0.25) is 0 Å². The number of H-pyrrole nitrogens is 1. The van der Waals surface area contributed by atoms with Crippen LogP contribution in [0.25, 0.3) is 0 Å². The number of aromatic nitrogens is 2. The average molecular weight is 789 g/mol. The summed E-state index contributed by atoms with van der Waals surface area (Å²) in [6, 6.07) is 27.5. The van der Waals surface area contributed by atoms with Crippen LogP contribution in [0, 0.1) is 18.3 Å². The first-order valence-corrected chi connectivity index (χ1v) is 19.8. The molecular weight excluding hydrogens is 735 g/mol. The highest BCUT2D eigenvalue weighted by atomic mass is 31.2. The molecule has 0 saturated carbocycles. The smallest absolute Gasteiger partial charge is 0.330 e. The third-order valence-corrected chi connectivity index (χ3v) is 11.9. The van der Waals surface area contributed by atoms with Gasteiger partial charge >= 0.3 is 5.69 Å². The summed E-state index contributed by atoms with van der Waals surface area (Å²) in [7, 11) is 3.05. The van der Waals surface area contributed by atoms with Gasteiger partial charge in [-0.3, -0.25) is 14.3 Å². The minimum atomic E-state index is -1.77. The molecule has 4 atom stereocenters. The normalized spacial score (nSPS) is 19.0. The van der Waals surface area contributed by atoms with Gasteiger partial charge in [0, 0.05) is 37.4 Å². The molecule has 14 heteroatoms. The maximum absolute atomic E-state index is 13.4. The number of benzene rings is 3. The summed E-state index contributed by atoms with van der Waals surface area (Å²) in [5.74, 6) is 1.37. The largest absolute Gasteiger partial charge is 0.497 e. The molecule has 4 aromatic rings. The van der Waals surface area contributed by atoms with Gasteiger partial charge in [-0.1, -0.05) is 54.6 Å². The van der Waals surface area contributed by atoms with E-state index in [-0.39, 0.29) is 44.7 Å². The minimum absolute atomic E-state index is 0.00603. The average Bonchev–Trinajstić information content (AvgIpc) is 3.54. The molecule has 0 amide bonds. The second-order valence-electron chi connectivity index (χ2n) is 14.2. The zero-order valence-corrected chi connectivity index (χ0v) is 34.3. The summed E-state index contributed by atoms with van der Waals surface area (Å²) in [5.41, 5.74) is -0.823. The Bertz CT molecular complexity index is 1960. The van der Waals surface area contributed by atoms with E-state index in [1.54, 1.807) is 28.3 Å². The Morgan fingerprint density at radius 3 is 2.00 bits per heavy atom. The van der Waals surface area contributed by atoms with E-state index in [1.165, 1.54) is 10.8 Å². The Labute approximate surface area is 330 Å². The molecule has 1 aliphatic rings. The first kappa shape index (κ1) is 42.8. The number of aromatic amines is 1. The molecule has 3 aromatic carbocycles. The molecule has 1 N–H and O–H groups in total. The van der Waals surface area contributed by atoms with Gasteiger partial charge in [-0.15, -0.1) is 0 Å². The zero-order chi connectivity index (χ0) is 40.5. The van der Waals surface area contributed by atoms with Crippen molar-refractivity contribution in [3.63, 3.8) is 0 Å². The number of nitriles is 1. The summed E-state index contributed by atoms with van der Waals surface area (Å²) in [6.07, 6.45) is 0.220. The van der Waals surface area contributed by atoms with E-state index in [1.807, 2.05) is 78.9 Å². The quantitative estimate of drug-likeness (QED) is 0.0606. The van der Waals surface area contributed by atoms with Gasteiger partial charge in [0.05, 0.1) is 46.5 Å². The molecule has 13 nitrogen and oxygen atoms in total. The van der Waals surface area contributed by atoms with E-state index in [2.05, 4.69) is 43.4 Å². The lowest BCUT2D eigenvalue weighted by Crippen LogP contribution is -2.52. The molecule has 2 heterocycles. The van der Waals surface area contributed by atoms with Crippen molar-refractivity contribution in [3.8, 4) is 17.6 Å². The number of hydrogen-bond donors (Lipinski definition) is 1. The summed E-state index contributed by atoms with van der Waals surface area (Å²) in [4.78, 5) is 28.2. The van der Waals surface area contributed by atoms with Crippen LogP contribution in [0.15, 0.2) is 94.6 Å². The first-order valence-electron chi connectivity index (χ1n) is 18.6. The van der Waals surface area contributed by atoms with Crippen molar-refractivity contribution < 1.29 is 32.7 Å². The molecule has 0 aliphatic carbocycles. The van der Waals surface area contributed by atoms with E-state index in [9.17, 15) is 14.9 Å². The van der Waals surface area contributed by atoms with E-state index >= 15 is 0 Å². The Hall–Kier alpha value is -4.38. The maximum Gasteiger partial charge on any atom is 0.330 e. The second kappa shape index (κ2) is 19.2. The van der Waals surface area contributed by atoms with Crippen molar-refractivity contribution in [3.05, 3.63) is 128 Å². The number of ether oxygens (including phenoxy) is 5. The third kappa shape index (κ3) is 9.25. The van der Waals surface area contributed by atoms with Crippen LogP contribution < -0.4 is 20.7 Å². The Morgan fingerprint density at radius 1 is 0.911 bits per heavy atom. The van der Waals surface area contributed by atoms with Crippen LogP contribution in [0.1, 0.15) is 69.0 Å². The predicted octanol–water partition coefficient (Wildman–Crippen LogP) is 6.84. The van der Waals surface area contributed by atoms with E-state index in [0.717, 1.165) is 16.7 Å². The van der Waals surface area contributed by atoms with E-state index < -0.39 is 43.3 Å². The standard InChI is InChI=1S/C42H53N4O9P/c1-29(2)46(30(3)4)56(53-24-12-23-43)55-37-25-38(45-26-31(5)39(47)44-40(45)48)54-41(37,27-49-6)28-52-42(32-13-10-9-11-14-32,33-15-19-35(50-7)20-16-33)34-17-21-36(51-8)22-18-34/h9-11,13-22,26,29-30,37-38H,12,24-25,27-28H2,1-8H3,(H,44,47,48)/t37-,38+,41+,56?/m0/s1. The summed E-state index contributed by atoms with van der Waals surface area (Å²) >= 11 is 0. The topological polar surface area (TPSA) is 146 Å². The molecule has 1 unspecified atom stereocenters. The van der Waals surface area contributed by atoms with Crippen LogP contribution in [-0.2, 0) is 28.9 Å². The maximum atomic E-state index is 13.4. The van der Waals surface area contributed by atoms with Gasteiger partial charge < -0.3 is 32.7 Å². The molecule has 0 spiro atoms. The Morgan fingerprint density at radius 2 is 1.48 bits per heavy atom. The Balaban J connectivity index is 1.70. The lowest BCUT2D eigenvalue weighted by Gasteiger charge is -2.42. The van der Waals surface area contributed by atoms with Crippen LogP contribution in [0.3, 0.4) is 0 Å². The molecule has 1 aromatic heterocycles. The van der Waals surface area contributed by atoms with Crippen molar-refractivity contribution in [1.82, 2.24) is 14.2 Å². The second-order valence-corrected chi connectivity index (χ2v) is 15.6. The van der Waals surface area contributed by atoms with Gasteiger partial charge in [-0.2, -0.15) is 5.26 Å². The molecule has 0 bridgehead atoms. The van der Waals surface area contributed by atoms with Crippen LogP contribution in [-0.4, -0.2) is 79.2 Å². The number of hydrogen-bond acceptors (Lipinski definition) is 11. The highest BCUT2D eigenvalue weighted by Crippen LogP contribution is 2.53. The molecule has 1 fully saturated rings. The number of methoxy groups -OCH3 is 3. The van der Waals surface area contributed by atoms with Gasteiger partial charge in [0.15, 0.2) is 0 Å². The molecule has 300 valence electrons. The monoisotopic (exact) mass is 788 g/mol. The fraction of sp³-hybridized carbons (Fsp3) is 0.452. The van der Waals surface area contributed by atoms with Crippen molar-refractivity contribution in [2.75, 3.05) is 41.2 Å². The van der Waals surface area contributed by atoms with Gasteiger partial charge in [-0.05, 0) is 75.6 Å². The number of nitrogens with zero attached hydrogens (tertiary/aromatic N) is 3. The highest BCUT2D eigenvalue weighted by molar-refractivity contribution is 7.44.